The van der Waals surface area contributed by atoms with E-state index in [1.54, 1.807) is 6.07 Å². The molecule has 0 aliphatic carbocycles. The number of carbonyl (C=O) groups excluding carboxylic acids is 2. The van der Waals surface area contributed by atoms with Gasteiger partial charge in [-0.2, -0.15) is 0 Å². The summed E-state index contributed by atoms with van der Waals surface area (Å²) >= 11 is 0. The molecule has 3 aromatic rings. The van der Waals surface area contributed by atoms with Crippen LogP contribution in [-0.2, 0) is 10.2 Å². The molecule has 3 heterocycles. The summed E-state index contributed by atoms with van der Waals surface area (Å²) in [4.78, 5) is 25.9. The van der Waals surface area contributed by atoms with Crippen LogP contribution in [0.1, 0.15) is 40.9 Å². The van der Waals surface area contributed by atoms with E-state index >= 15 is 0 Å². The topological polar surface area (TPSA) is 59.8 Å². The van der Waals surface area contributed by atoms with Crippen LogP contribution in [0.2, 0.25) is 0 Å². The predicted octanol–water partition coefficient (Wildman–Crippen LogP) is 3.98. The van der Waals surface area contributed by atoms with Gasteiger partial charge in [0.25, 0.3) is 0 Å². The zero-order valence-electron chi connectivity index (χ0n) is 16.2. The Labute approximate surface area is 169 Å². The van der Waals surface area contributed by atoms with Crippen molar-refractivity contribution < 1.29 is 18.7 Å². The molecule has 0 unspecified atom stereocenters. The highest BCUT2D eigenvalue weighted by molar-refractivity contribution is 6.09. The summed E-state index contributed by atoms with van der Waals surface area (Å²) < 4.78 is 11.8. The molecule has 1 fully saturated rings. The third-order valence-electron chi connectivity index (χ3n) is 6.34. The van der Waals surface area contributed by atoms with Crippen LogP contribution < -0.4 is 4.74 Å². The van der Waals surface area contributed by atoms with Crippen molar-refractivity contribution in [2.75, 3.05) is 26.2 Å². The first-order valence-electron chi connectivity index (χ1n) is 10.2. The Morgan fingerprint density at radius 1 is 1.10 bits per heavy atom. The van der Waals surface area contributed by atoms with E-state index in [1.807, 2.05) is 36.4 Å². The van der Waals surface area contributed by atoms with Crippen LogP contribution in [-0.4, -0.2) is 43.2 Å². The first kappa shape index (κ1) is 18.1. The molecule has 148 valence electrons. The molecule has 5 nitrogen and oxygen atoms in total. The Morgan fingerprint density at radius 3 is 2.72 bits per heavy atom. The average Bonchev–Trinajstić information content (AvgIpc) is 3.35. The maximum Gasteiger partial charge on any atom is 0.228 e. The maximum atomic E-state index is 12.9. The molecule has 1 aromatic heterocycles. The Balaban J connectivity index is 1.37. The highest BCUT2D eigenvalue weighted by Crippen LogP contribution is 2.46. The van der Waals surface area contributed by atoms with Gasteiger partial charge >= 0.3 is 0 Å². The third-order valence-corrected chi connectivity index (χ3v) is 6.34. The second kappa shape index (κ2) is 7.16. The van der Waals surface area contributed by atoms with Crippen molar-refractivity contribution in [3.63, 3.8) is 0 Å². The summed E-state index contributed by atoms with van der Waals surface area (Å²) in [6.45, 7) is 3.43. The van der Waals surface area contributed by atoms with E-state index in [-0.39, 0.29) is 11.2 Å². The van der Waals surface area contributed by atoms with Gasteiger partial charge in [0.15, 0.2) is 5.76 Å². The van der Waals surface area contributed by atoms with Gasteiger partial charge in [0.05, 0.1) is 6.61 Å². The number of ether oxygens (including phenoxy) is 1. The van der Waals surface area contributed by atoms with Crippen LogP contribution in [0.3, 0.4) is 0 Å². The Kier molecular flexibility index (Phi) is 4.47. The average molecular weight is 389 g/mol. The lowest BCUT2D eigenvalue weighted by Crippen LogP contribution is -2.43. The SMILES string of the molecule is O=CCCN1CCC2(CC1)COc1cc(C(=O)c3cc4ccccc4o3)ccc12. The molecule has 5 rings (SSSR count). The first-order valence-corrected chi connectivity index (χ1v) is 10.2. The minimum Gasteiger partial charge on any atom is -0.492 e. The second-order valence-electron chi connectivity index (χ2n) is 8.05. The number of rotatable bonds is 5. The summed E-state index contributed by atoms with van der Waals surface area (Å²) in [7, 11) is 0. The van der Waals surface area contributed by atoms with Crippen LogP contribution in [0.15, 0.2) is 52.9 Å². The van der Waals surface area contributed by atoms with Crippen LogP contribution in [0, 0.1) is 0 Å². The minimum atomic E-state index is -0.128. The quantitative estimate of drug-likeness (QED) is 0.488. The van der Waals surface area contributed by atoms with Crippen molar-refractivity contribution in [3.8, 4) is 5.75 Å². The molecule has 0 bridgehead atoms. The number of aldehydes is 1. The number of ketones is 1. The van der Waals surface area contributed by atoms with Crippen molar-refractivity contribution in [1.82, 2.24) is 4.90 Å². The molecular weight excluding hydrogens is 366 g/mol. The molecule has 2 aliphatic rings. The first-order chi connectivity index (χ1) is 14.2. The molecular formula is C24H23NO4. The van der Waals surface area contributed by atoms with Crippen molar-refractivity contribution in [2.45, 2.75) is 24.7 Å². The number of para-hydroxylation sites is 1. The zero-order valence-corrected chi connectivity index (χ0v) is 16.2. The van der Waals surface area contributed by atoms with E-state index in [0.29, 0.717) is 29.9 Å². The van der Waals surface area contributed by atoms with Gasteiger partial charge in [-0.1, -0.05) is 30.3 Å². The molecule has 5 heteroatoms. The van der Waals surface area contributed by atoms with Gasteiger partial charge in [-0.25, -0.2) is 0 Å². The van der Waals surface area contributed by atoms with Gasteiger partial charge in [0, 0.05) is 34.9 Å². The molecule has 0 saturated carbocycles. The number of benzene rings is 2. The molecule has 2 aromatic carbocycles. The number of piperidine rings is 1. The molecule has 2 aliphatic heterocycles. The van der Waals surface area contributed by atoms with Gasteiger partial charge in [-0.3, -0.25) is 4.79 Å². The Hall–Kier alpha value is -2.92. The summed E-state index contributed by atoms with van der Waals surface area (Å²) in [5.41, 5.74) is 2.53. The Bertz CT molecular complexity index is 1040. The lowest BCUT2D eigenvalue weighted by molar-refractivity contribution is -0.108. The number of nitrogens with zero attached hydrogens (tertiary/aromatic N) is 1. The van der Waals surface area contributed by atoms with Gasteiger partial charge in [0.1, 0.15) is 17.6 Å². The van der Waals surface area contributed by atoms with Crippen molar-refractivity contribution in [2.24, 2.45) is 0 Å². The standard InChI is InChI=1S/C24H23NO4/c26-13-3-10-25-11-8-24(9-12-25)16-28-21-15-18(6-7-19(21)24)23(27)22-14-17-4-1-2-5-20(17)29-22/h1-2,4-7,13-15H,3,8-12,16H2. The summed E-state index contributed by atoms with van der Waals surface area (Å²) in [5.74, 6) is 1.04. The fraction of sp³-hybridized carbons (Fsp3) is 0.333. The summed E-state index contributed by atoms with van der Waals surface area (Å²) in [5, 5.41) is 0.925. The van der Waals surface area contributed by atoms with Crippen LogP contribution in [0.4, 0.5) is 0 Å². The summed E-state index contributed by atoms with van der Waals surface area (Å²) in [6.07, 6.45) is 3.59. The summed E-state index contributed by atoms with van der Waals surface area (Å²) in [6, 6.07) is 15.2. The molecule has 1 saturated heterocycles. The van der Waals surface area contributed by atoms with Crippen LogP contribution in [0.25, 0.3) is 11.0 Å². The largest absolute Gasteiger partial charge is 0.492 e. The molecule has 0 amide bonds. The van der Waals surface area contributed by atoms with Gasteiger partial charge in [0.2, 0.25) is 5.78 Å². The van der Waals surface area contributed by atoms with E-state index in [1.165, 1.54) is 5.56 Å². The van der Waals surface area contributed by atoms with Crippen molar-refractivity contribution in [1.29, 1.82) is 0 Å². The molecule has 1 spiro atoms. The molecule has 0 radical (unpaired) electrons. The van der Waals surface area contributed by atoms with E-state index in [0.717, 1.165) is 49.9 Å². The van der Waals surface area contributed by atoms with Crippen molar-refractivity contribution in [3.05, 3.63) is 65.4 Å². The molecule has 0 N–H and O–H groups in total. The number of hydrogen-bond acceptors (Lipinski definition) is 5. The van der Waals surface area contributed by atoms with E-state index in [4.69, 9.17) is 9.15 Å². The number of fused-ring (bicyclic) bond motifs is 3. The zero-order chi connectivity index (χ0) is 19.8. The molecule has 29 heavy (non-hydrogen) atoms. The van der Waals surface area contributed by atoms with Crippen molar-refractivity contribution >= 4 is 23.0 Å². The molecule has 0 atom stereocenters. The highest BCUT2D eigenvalue weighted by Gasteiger charge is 2.43. The maximum absolute atomic E-state index is 12.9. The number of hydrogen-bond donors (Lipinski definition) is 0. The normalized spacial score (nSPS) is 17.9. The fourth-order valence-electron chi connectivity index (χ4n) is 4.60. The second-order valence-corrected chi connectivity index (χ2v) is 8.05. The number of furan rings is 1. The highest BCUT2D eigenvalue weighted by atomic mass is 16.5. The lowest BCUT2D eigenvalue weighted by atomic mass is 9.74. The Morgan fingerprint density at radius 2 is 1.93 bits per heavy atom. The number of carbonyl (C=O) groups is 2. The minimum absolute atomic E-state index is 0.0218. The van der Waals surface area contributed by atoms with E-state index in [9.17, 15) is 9.59 Å². The van der Waals surface area contributed by atoms with Gasteiger partial charge in [-0.05, 0) is 44.1 Å². The number of likely N-dealkylation sites (tertiary alicyclic amines) is 1. The fourth-order valence-corrected chi connectivity index (χ4v) is 4.60. The third kappa shape index (κ3) is 3.15. The van der Waals surface area contributed by atoms with E-state index in [2.05, 4.69) is 11.0 Å². The smallest absolute Gasteiger partial charge is 0.228 e. The van der Waals surface area contributed by atoms with E-state index < -0.39 is 0 Å². The van der Waals surface area contributed by atoms with Crippen LogP contribution >= 0.6 is 0 Å². The van der Waals surface area contributed by atoms with Crippen LogP contribution in [0.5, 0.6) is 5.75 Å². The predicted molar refractivity (Wildman–Crippen MR) is 110 cm³/mol. The monoisotopic (exact) mass is 389 g/mol. The van der Waals surface area contributed by atoms with Gasteiger partial charge in [-0.15, -0.1) is 0 Å². The van der Waals surface area contributed by atoms with Gasteiger partial charge < -0.3 is 18.8 Å². The lowest BCUT2D eigenvalue weighted by Gasteiger charge is -2.38.